The van der Waals surface area contributed by atoms with E-state index in [9.17, 15) is 4.79 Å². The lowest BCUT2D eigenvalue weighted by atomic mass is 9.99. The van der Waals surface area contributed by atoms with Gasteiger partial charge in [-0.3, -0.25) is 0 Å². The Balaban J connectivity index is 1.45. The zero-order chi connectivity index (χ0) is 18.6. The Morgan fingerprint density at radius 1 is 1.11 bits per heavy atom. The molecule has 1 aliphatic heterocycles. The Bertz CT molecular complexity index is 930. The minimum absolute atomic E-state index is 0.370. The number of carbonyl (C=O) groups is 1. The van der Waals surface area contributed by atoms with Gasteiger partial charge in [0.2, 0.25) is 0 Å². The molecular formula is C20H22N4O3. The number of nitrogens with two attached hydrogens (primary N) is 1. The van der Waals surface area contributed by atoms with Crippen LogP contribution in [0.1, 0.15) is 12.8 Å². The van der Waals surface area contributed by atoms with Crippen LogP contribution in [0.3, 0.4) is 0 Å². The number of carbonyl (C=O) groups excluding carboxylic acids is 1. The molecule has 1 fully saturated rings. The molecule has 4 rings (SSSR count). The van der Waals surface area contributed by atoms with Gasteiger partial charge in [-0.2, -0.15) is 0 Å². The largest absolute Gasteiger partial charge is 0.493 e. The number of H-pyrrole nitrogens is 1. The third-order valence-electron chi connectivity index (χ3n) is 4.75. The van der Waals surface area contributed by atoms with Gasteiger partial charge in [-0.15, -0.1) is 0 Å². The molecule has 0 radical (unpaired) electrons. The Hall–Kier alpha value is -3.06. The van der Waals surface area contributed by atoms with Gasteiger partial charge < -0.3 is 25.5 Å². The van der Waals surface area contributed by atoms with E-state index >= 15 is 0 Å². The average Bonchev–Trinajstić information content (AvgIpc) is 3.10. The summed E-state index contributed by atoms with van der Waals surface area (Å²) in [5.41, 5.74) is 7.56. The first-order valence-electron chi connectivity index (χ1n) is 9.08. The summed E-state index contributed by atoms with van der Waals surface area (Å²) in [6.07, 6.45) is 1.49. The van der Waals surface area contributed by atoms with Crippen LogP contribution in [0, 0.1) is 5.92 Å². The number of aromatic nitrogens is 2. The third-order valence-corrected chi connectivity index (χ3v) is 4.75. The Labute approximate surface area is 156 Å². The minimum Gasteiger partial charge on any atom is -0.493 e. The zero-order valence-corrected chi connectivity index (χ0v) is 14.9. The van der Waals surface area contributed by atoms with Crippen molar-refractivity contribution in [2.75, 3.05) is 19.7 Å². The highest BCUT2D eigenvalue weighted by Crippen LogP contribution is 2.25. The van der Waals surface area contributed by atoms with Gasteiger partial charge in [0.25, 0.3) is 0 Å². The number of imidazole rings is 1. The summed E-state index contributed by atoms with van der Waals surface area (Å²) in [5, 5.41) is 3.37. The van der Waals surface area contributed by atoms with E-state index in [0.29, 0.717) is 17.2 Å². The summed E-state index contributed by atoms with van der Waals surface area (Å²) in [4.78, 5) is 18.7. The van der Waals surface area contributed by atoms with E-state index in [-0.39, 0.29) is 0 Å². The van der Waals surface area contributed by atoms with Crippen molar-refractivity contribution in [2.45, 2.75) is 12.8 Å². The second-order valence-corrected chi connectivity index (χ2v) is 6.71. The Morgan fingerprint density at radius 2 is 1.85 bits per heavy atom. The van der Waals surface area contributed by atoms with Crippen molar-refractivity contribution in [1.29, 1.82) is 0 Å². The van der Waals surface area contributed by atoms with E-state index in [0.717, 1.165) is 42.4 Å². The Kier molecular flexibility index (Phi) is 4.93. The number of aromatic amines is 1. The van der Waals surface area contributed by atoms with Crippen molar-refractivity contribution in [2.24, 2.45) is 11.7 Å². The first-order valence-corrected chi connectivity index (χ1v) is 9.08. The second kappa shape index (κ2) is 7.67. The quantitative estimate of drug-likeness (QED) is 0.644. The molecule has 1 aliphatic rings. The molecule has 140 valence electrons. The molecular weight excluding hydrogens is 344 g/mol. The molecule has 27 heavy (non-hydrogen) atoms. The molecule has 0 bridgehead atoms. The van der Waals surface area contributed by atoms with E-state index in [2.05, 4.69) is 15.3 Å². The molecule has 2 aromatic carbocycles. The topological polar surface area (TPSA) is 102 Å². The summed E-state index contributed by atoms with van der Waals surface area (Å²) in [5.74, 6) is 2.60. The van der Waals surface area contributed by atoms with Crippen LogP contribution < -0.4 is 20.5 Å². The molecule has 1 saturated heterocycles. The molecule has 0 saturated carbocycles. The van der Waals surface area contributed by atoms with E-state index in [1.807, 2.05) is 24.3 Å². The summed E-state index contributed by atoms with van der Waals surface area (Å²) in [7, 11) is 0. The minimum atomic E-state index is -0.842. The maximum absolute atomic E-state index is 10.9. The highest BCUT2D eigenvalue weighted by atomic mass is 16.5. The molecule has 2 heterocycles. The van der Waals surface area contributed by atoms with Crippen molar-refractivity contribution in [3.8, 4) is 22.9 Å². The summed E-state index contributed by atoms with van der Waals surface area (Å²) < 4.78 is 10.8. The summed E-state index contributed by atoms with van der Waals surface area (Å²) in [6, 6.07) is 13.0. The van der Waals surface area contributed by atoms with Gasteiger partial charge in [-0.05, 0) is 68.2 Å². The third kappa shape index (κ3) is 4.20. The molecule has 4 N–H and O–H groups in total. The number of benzene rings is 2. The van der Waals surface area contributed by atoms with Gasteiger partial charge in [0.15, 0.2) is 0 Å². The smallest absolute Gasteiger partial charge is 0.409 e. The van der Waals surface area contributed by atoms with Crippen LogP contribution in [0.25, 0.3) is 22.4 Å². The lowest BCUT2D eigenvalue weighted by Gasteiger charge is -2.22. The lowest BCUT2D eigenvalue weighted by molar-refractivity contribution is 0.211. The molecule has 1 aromatic heterocycles. The Morgan fingerprint density at radius 3 is 2.59 bits per heavy atom. The van der Waals surface area contributed by atoms with Crippen LogP contribution in [0.4, 0.5) is 4.79 Å². The maximum atomic E-state index is 10.9. The molecule has 0 atom stereocenters. The molecule has 0 aliphatic carbocycles. The molecule has 7 heteroatoms. The molecule has 0 spiro atoms. The number of nitrogens with one attached hydrogen (secondary N) is 2. The highest BCUT2D eigenvalue weighted by molar-refractivity contribution is 5.81. The van der Waals surface area contributed by atoms with Crippen LogP contribution in [0.2, 0.25) is 0 Å². The molecule has 7 nitrogen and oxygen atoms in total. The number of ether oxygens (including phenoxy) is 2. The number of fused-ring (bicyclic) bond motifs is 1. The fourth-order valence-corrected chi connectivity index (χ4v) is 3.27. The van der Waals surface area contributed by atoms with Crippen molar-refractivity contribution in [3.05, 3.63) is 42.5 Å². The molecule has 1 amide bonds. The van der Waals surface area contributed by atoms with Gasteiger partial charge >= 0.3 is 6.09 Å². The van der Waals surface area contributed by atoms with Crippen molar-refractivity contribution in [3.63, 3.8) is 0 Å². The van der Waals surface area contributed by atoms with Crippen LogP contribution in [0.5, 0.6) is 11.5 Å². The number of hydrogen-bond donors (Lipinski definition) is 3. The van der Waals surface area contributed by atoms with Gasteiger partial charge in [-0.25, -0.2) is 9.78 Å². The van der Waals surface area contributed by atoms with E-state index in [4.69, 9.17) is 15.2 Å². The van der Waals surface area contributed by atoms with Gasteiger partial charge in [0.05, 0.1) is 17.6 Å². The number of primary amides is 1. The number of nitrogens with zero attached hydrogens (tertiary/aromatic N) is 1. The number of hydrogen-bond acceptors (Lipinski definition) is 5. The van der Waals surface area contributed by atoms with E-state index in [1.165, 1.54) is 12.8 Å². The van der Waals surface area contributed by atoms with Crippen molar-refractivity contribution >= 4 is 17.1 Å². The maximum Gasteiger partial charge on any atom is 0.409 e. The predicted molar refractivity (Wildman–Crippen MR) is 103 cm³/mol. The van der Waals surface area contributed by atoms with Gasteiger partial charge in [0, 0.05) is 11.6 Å². The molecule has 3 aromatic rings. The van der Waals surface area contributed by atoms with Crippen LogP contribution in [-0.2, 0) is 0 Å². The first kappa shape index (κ1) is 17.4. The first-order chi connectivity index (χ1) is 13.2. The van der Waals surface area contributed by atoms with Crippen LogP contribution in [-0.4, -0.2) is 35.8 Å². The van der Waals surface area contributed by atoms with Gasteiger partial charge in [0.1, 0.15) is 17.3 Å². The number of amides is 1. The van der Waals surface area contributed by atoms with Crippen molar-refractivity contribution in [1.82, 2.24) is 15.3 Å². The monoisotopic (exact) mass is 366 g/mol. The lowest BCUT2D eigenvalue weighted by Crippen LogP contribution is -2.30. The normalized spacial score (nSPS) is 15.0. The van der Waals surface area contributed by atoms with E-state index in [1.54, 1.807) is 18.2 Å². The average molecular weight is 366 g/mol. The van der Waals surface area contributed by atoms with Gasteiger partial charge in [-0.1, -0.05) is 0 Å². The number of rotatable bonds is 5. The van der Waals surface area contributed by atoms with Crippen LogP contribution >= 0.6 is 0 Å². The van der Waals surface area contributed by atoms with Crippen molar-refractivity contribution < 1.29 is 14.3 Å². The summed E-state index contributed by atoms with van der Waals surface area (Å²) in [6.45, 7) is 2.91. The standard InChI is InChI=1S/C20H22N4O3/c21-20(25)27-16-5-6-17-18(11-16)24-19(23-17)14-1-3-15(4-2-14)26-12-13-7-9-22-10-8-13/h1-6,11,13,22H,7-10,12H2,(H2,21,25)(H,23,24). The fraction of sp³-hybridized carbons (Fsp3) is 0.300. The molecule has 0 unspecified atom stereocenters. The second-order valence-electron chi connectivity index (χ2n) is 6.71. The number of piperidine rings is 1. The fourth-order valence-electron chi connectivity index (χ4n) is 3.27. The summed E-state index contributed by atoms with van der Waals surface area (Å²) >= 11 is 0. The highest BCUT2D eigenvalue weighted by Gasteiger charge is 2.13. The predicted octanol–water partition coefficient (Wildman–Crippen LogP) is 3.07. The van der Waals surface area contributed by atoms with Crippen LogP contribution in [0.15, 0.2) is 42.5 Å². The zero-order valence-electron chi connectivity index (χ0n) is 14.9. The SMILES string of the molecule is NC(=O)Oc1ccc2[nH]c(-c3ccc(OCC4CCNCC4)cc3)nc2c1. The van der Waals surface area contributed by atoms with E-state index < -0.39 is 6.09 Å².